The Morgan fingerprint density at radius 1 is 1.12 bits per heavy atom. The van der Waals surface area contributed by atoms with Gasteiger partial charge in [0, 0.05) is 13.6 Å². The van der Waals surface area contributed by atoms with Gasteiger partial charge in [0.15, 0.2) is 12.0 Å². The van der Waals surface area contributed by atoms with E-state index < -0.39 is 6.04 Å². The second-order valence-corrected chi connectivity index (χ2v) is 6.82. The molecule has 7 heteroatoms. The number of carbonyl (C=O) groups is 2. The Morgan fingerprint density at radius 2 is 1.88 bits per heavy atom. The van der Waals surface area contributed by atoms with Crippen LogP contribution in [0.1, 0.15) is 38.2 Å². The van der Waals surface area contributed by atoms with Crippen LogP contribution in [-0.2, 0) is 11.3 Å². The van der Waals surface area contributed by atoms with Crippen molar-refractivity contribution in [1.82, 2.24) is 20.4 Å². The molecule has 1 aromatic carbocycles. The summed E-state index contributed by atoms with van der Waals surface area (Å²) in [5.41, 5.74) is 1.11. The Bertz CT molecular complexity index is 676. The molecule has 2 fully saturated rings. The third kappa shape index (κ3) is 3.81. The van der Waals surface area contributed by atoms with E-state index >= 15 is 0 Å². The Balaban J connectivity index is 1.78. The van der Waals surface area contributed by atoms with Gasteiger partial charge in [0.1, 0.15) is 6.17 Å². The van der Waals surface area contributed by atoms with E-state index in [1.54, 1.807) is 7.05 Å². The Labute approximate surface area is 154 Å². The van der Waals surface area contributed by atoms with Crippen molar-refractivity contribution in [3.05, 3.63) is 35.9 Å². The van der Waals surface area contributed by atoms with Crippen LogP contribution in [0.5, 0.6) is 0 Å². The smallest absolute Gasteiger partial charge is 0.325 e. The molecule has 2 atom stereocenters. The van der Waals surface area contributed by atoms with E-state index in [2.05, 4.69) is 17.6 Å². The normalized spacial score (nSPS) is 23.8. The molecule has 0 bridgehead atoms. The average molecular weight is 357 g/mol. The molecule has 2 N–H and O–H groups in total. The number of unbranched alkanes of at least 4 members (excludes halogenated alkanes) is 3. The van der Waals surface area contributed by atoms with Gasteiger partial charge in [0.2, 0.25) is 0 Å². The van der Waals surface area contributed by atoms with E-state index in [4.69, 9.17) is 4.99 Å². The van der Waals surface area contributed by atoms with E-state index in [9.17, 15) is 9.59 Å². The van der Waals surface area contributed by atoms with Crippen molar-refractivity contribution in [2.75, 3.05) is 13.6 Å². The fourth-order valence-electron chi connectivity index (χ4n) is 3.42. The number of likely N-dealkylation sites (N-methyl/N-ethyl adjacent to an activating group) is 1. The van der Waals surface area contributed by atoms with Gasteiger partial charge in [-0.05, 0) is 12.0 Å². The first-order valence-electron chi connectivity index (χ1n) is 9.31. The molecule has 0 aliphatic carbocycles. The molecule has 3 amide bonds. The SMILES string of the molecule is CCCCCCN1C(=NCc2ccccc2)NC2C1C(=O)NC(=O)N2C. The minimum Gasteiger partial charge on any atom is -0.333 e. The van der Waals surface area contributed by atoms with Gasteiger partial charge in [-0.1, -0.05) is 56.5 Å². The van der Waals surface area contributed by atoms with E-state index in [1.807, 2.05) is 35.2 Å². The molecule has 2 unspecified atom stereocenters. The summed E-state index contributed by atoms with van der Waals surface area (Å²) < 4.78 is 0. The number of carbonyl (C=O) groups excluding carboxylic acids is 2. The van der Waals surface area contributed by atoms with E-state index in [1.165, 1.54) is 11.3 Å². The molecule has 7 nitrogen and oxygen atoms in total. The summed E-state index contributed by atoms with van der Waals surface area (Å²) in [5, 5.41) is 5.72. The zero-order valence-electron chi connectivity index (χ0n) is 15.4. The molecule has 26 heavy (non-hydrogen) atoms. The minimum atomic E-state index is -0.436. The Hall–Kier alpha value is -2.57. The number of urea groups is 1. The summed E-state index contributed by atoms with van der Waals surface area (Å²) in [6, 6.07) is 9.19. The van der Waals surface area contributed by atoms with Crippen LogP contribution >= 0.6 is 0 Å². The zero-order chi connectivity index (χ0) is 18.5. The van der Waals surface area contributed by atoms with Gasteiger partial charge < -0.3 is 15.1 Å². The lowest BCUT2D eigenvalue weighted by atomic mass is 10.1. The van der Waals surface area contributed by atoms with Gasteiger partial charge >= 0.3 is 6.03 Å². The van der Waals surface area contributed by atoms with Crippen molar-refractivity contribution < 1.29 is 9.59 Å². The highest BCUT2D eigenvalue weighted by molar-refractivity contribution is 6.04. The number of amides is 3. The van der Waals surface area contributed by atoms with Crippen LogP contribution in [0.2, 0.25) is 0 Å². The summed E-state index contributed by atoms with van der Waals surface area (Å²) in [4.78, 5) is 32.6. The van der Waals surface area contributed by atoms with Crippen LogP contribution in [0.3, 0.4) is 0 Å². The summed E-state index contributed by atoms with van der Waals surface area (Å²) in [6.45, 7) is 3.46. The summed E-state index contributed by atoms with van der Waals surface area (Å²) in [7, 11) is 1.70. The van der Waals surface area contributed by atoms with Crippen LogP contribution in [-0.4, -0.2) is 53.5 Å². The maximum absolute atomic E-state index is 12.5. The van der Waals surface area contributed by atoms with Crippen LogP contribution in [0, 0.1) is 0 Å². The van der Waals surface area contributed by atoms with Gasteiger partial charge in [0.25, 0.3) is 5.91 Å². The van der Waals surface area contributed by atoms with Gasteiger partial charge in [-0.15, -0.1) is 0 Å². The zero-order valence-corrected chi connectivity index (χ0v) is 15.4. The van der Waals surface area contributed by atoms with Crippen LogP contribution in [0.15, 0.2) is 35.3 Å². The molecule has 140 valence electrons. The highest BCUT2D eigenvalue weighted by Gasteiger charge is 2.49. The average Bonchev–Trinajstić information content (AvgIpc) is 3.02. The Kier molecular flexibility index (Phi) is 5.75. The topological polar surface area (TPSA) is 77.0 Å². The second kappa shape index (κ2) is 8.21. The number of guanidine groups is 1. The van der Waals surface area contributed by atoms with Crippen molar-refractivity contribution >= 4 is 17.9 Å². The molecule has 2 heterocycles. The molecule has 2 aliphatic rings. The number of rotatable bonds is 7. The fraction of sp³-hybridized carbons (Fsp3) is 0.526. The molecular formula is C19H27N5O2. The molecule has 2 saturated heterocycles. The van der Waals surface area contributed by atoms with Crippen molar-refractivity contribution in [2.45, 2.75) is 51.4 Å². The summed E-state index contributed by atoms with van der Waals surface area (Å²) >= 11 is 0. The number of hydrogen-bond acceptors (Lipinski definition) is 3. The van der Waals surface area contributed by atoms with Crippen molar-refractivity contribution in [3.63, 3.8) is 0 Å². The summed E-state index contributed by atoms with van der Waals surface area (Å²) in [5.74, 6) is 0.433. The monoisotopic (exact) mass is 357 g/mol. The van der Waals surface area contributed by atoms with E-state index in [-0.39, 0.29) is 18.1 Å². The molecule has 0 spiro atoms. The van der Waals surface area contributed by atoms with Crippen molar-refractivity contribution in [3.8, 4) is 0 Å². The lowest BCUT2D eigenvalue weighted by Crippen LogP contribution is -2.64. The second-order valence-electron chi connectivity index (χ2n) is 6.82. The van der Waals surface area contributed by atoms with E-state index in [0.717, 1.165) is 31.4 Å². The first-order chi connectivity index (χ1) is 12.6. The molecular weight excluding hydrogens is 330 g/mol. The van der Waals surface area contributed by atoms with Crippen molar-refractivity contribution in [2.24, 2.45) is 4.99 Å². The van der Waals surface area contributed by atoms with Crippen LogP contribution in [0.25, 0.3) is 0 Å². The predicted molar refractivity (Wildman–Crippen MR) is 100 cm³/mol. The summed E-state index contributed by atoms with van der Waals surface area (Å²) in [6.07, 6.45) is 4.07. The Morgan fingerprint density at radius 3 is 2.62 bits per heavy atom. The predicted octanol–water partition coefficient (Wildman–Crippen LogP) is 1.90. The molecule has 0 saturated carbocycles. The number of nitrogens with one attached hydrogen (secondary N) is 2. The largest absolute Gasteiger partial charge is 0.333 e. The molecule has 0 radical (unpaired) electrons. The molecule has 2 aliphatic heterocycles. The van der Waals surface area contributed by atoms with Crippen molar-refractivity contribution in [1.29, 1.82) is 0 Å². The maximum Gasteiger partial charge on any atom is 0.325 e. The van der Waals surface area contributed by atoms with Gasteiger partial charge in [-0.2, -0.15) is 0 Å². The lowest BCUT2D eigenvalue weighted by molar-refractivity contribution is -0.127. The number of benzene rings is 1. The van der Waals surface area contributed by atoms with Gasteiger partial charge in [-0.25, -0.2) is 9.79 Å². The van der Waals surface area contributed by atoms with E-state index in [0.29, 0.717) is 12.5 Å². The van der Waals surface area contributed by atoms with Crippen LogP contribution in [0.4, 0.5) is 4.79 Å². The number of aliphatic imine (C=N–C) groups is 1. The lowest BCUT2D eigenvalue weighted by Gasteiger charge is -2.35. The number of imide groups is 1. The first kappa shape index (κ1) is 18.2. The third-order valence-electron chi connectivity index (χ3n) is 4.93. The van der Waals surface area contributed by atoms with Crippen LogP contribution < -0.4 is 10.6 Å². The molecule has 3 rings (SSSR count). The number of fused-ring (bicyclic) bond motifs is 1. The third-order valence-corrected chi connectivity index (χ3v) is 4.93. The maximum atomic E-state index is 12.5. The number of nitrogens with zero attached hydrogens (tertiary/aromatic N) is 3. The first-order valence-corrected chi connectivity index (χ1v) is 9.31. The highest BCUT2D eigenvalue weighted by atomic mass is 16.2. The molecule has 0 aromatic heterocycles. The minimum absolute atomic E-state index is 0.258. The fourth-order valence-corrected chi connectivity index (χ4v) is 3.42. The highest BCUT2D eigenvalue weighted by Crippen LogP contribution is 2.21. The standard InChI is InChI=1S/C19H27N5O2/c1-3-4-5-9-12-24-15-16(23(2)19(26)22-17(15)25)21-18(24)20-13-14-10-7-6-8-11-14/h6-8,10-11,15-16H,3-5,9,12-13H2,1-2H3,(H,20,21)(H,22,25,26). The van der Waals surface area contributed by atoms with Gasteiger partial charge in [0.05, 0.1) is 6.54 Å². The van der Waals surface area contributed by atoms with Gasteiger partial charge in [-0.3, -0.25) is 10.1 Å². The molecule has 1 aromatic rings. The number of hydrogen-bond donors (Lipinski definition) is 2. The quantitative estimate of drug-likeness (QED) is 0.731.